The summed E-state index contributed by atoms with van der Waals surface area (Å²) >= 11 is 0. The van der Waals surface area contributed by atoms with Gasteiger partial charge in [-0.3, -0.25) is 4.98 Å². The Kier molecular flexibility index (Phi) is 6.33. The molecule has 0 aliphatic heterocycles. The van der Waals surface area contributed by atoms with E-state index < -0.39 is 0 Å². The first kappa shape index (κ1) is 30.0. The third-order valence-electron chi connectivity index (χ3n) is 11.7. The number of benzene rings is 8. The molecular weight excluding hydrogens is 641 g/mol. The Morgan fingerprint density at radius 1 is 0.396 bits per heavy atom. The molecule has 53 heavy (non-hydrogen) atoms. The van der Waals surface area contributed by atoms with Crippen molar-refractivity contribution >= 4 is 54.1 Å². The van der Waals surface area contributed by atoms with Crippen LogP contribution in [0.1, 0.15) is 25.0 Å². The molecule has 0 bridgehead atoms. The Balaban J connectivity index is 1.29. The van der Waals surface area contributed by atoms with E-state index in [9.17, 15) is 0 Å². The topological polar surface area (TPSA) is 25.8 Å². The standard InChI is InChI=1S/C51H34N2/c1-51(2)43-21-8-7-18-40(43)47-41(20-10-22-44(47)51)46-37-16-5-6-17-38(37)48(45-28-26-33-24-23-32-14-11-29-52-49(32)50(33)53-45)39-27-25-34(30-42(39)46)36-19-9-13-31-12-3-4-15-35(31)36/h3-30H,1-2H3. The molecule has 2 nitrogen and oxygen atoms in total. The van der Waals surface area contributed by atoms with Gasteiger partial charge in [-0.15, -0.1) is 0 Å². The molecule has 11 rings (SSSR count). The van der Waals surface area contributed by atoms with Crippen LogP contribution in [0.15, 0.2) is 170 Å². The van der Waals surface area contributed by atoms with Gasteiger partial charge in [-0.25, -0.2) is 4.98 Å². The third kappa shape index (κ3) is 4.33. The molecule has 8 aromatic carbocycles. The average Bonchev–Trinajstić information content (AvgIpc) is 3.45. The largest absolute Gasteiger partial charge is 0.254 e. The summed E-state index contributed by atoms with van der Waals surface area (Å²) in [5, 5.41) is 9.49. The van der Waals surface area contributed by atoms with Crippen molar-refractivity contribution in [3.8, 4) is 44.6 Å². The van der Waals surface area contributed by atoms with Gasteiger partial charge in [-0.1, -0.05) is 159 Å². The van der Waals surface area contributed by atoms with Gasteiger partial charge < -0.3 is 0 Å². The lowest BCUT2D eigenvalue weighted by atomic mass is 9.80. The van der Waals surface area contributed by atoms with Crippen LogP contribution >= 0.6 is 0 Å². The normalized spacial score (nSPS) is 13.2. The van der Waals surface area contributed by atoms with Crippen LogP contribution < -0.4 is 0 Å². The molecule has 2 heterocycles. The summed E-state index contributed by atoms with van der Waals surface area (Å²) in [6, 6.07) is 60.0. The van der Waals surface area contributed by atoms with Crippen LogP contribution in [-0.2, 0) is 5.41 Å². The van der Waals surface area contributed by atoms with Crippen LogP contribution in [0.25, 0.3) is 98.8 Å². The molecule has 0 saturated carbocycles. The number of hydrogen-bond donors (Lipinski definition) is 0. The summed E-state index contributed by atoms with van der Waals surface area (Å²) in [5.74, 6) is 0. The minimum atomic E-state index is -0.104. The van der Waals surface area contributed by atoms with Gasteiger partial charge in [0.15, 0.2) is 0 Å². The summed E-state index contributed by atoms with van der Waals surface area (Å²) in [6.45, 7) is 4.73. The van der Waals surface area contributed by atoms with Gasteiger partial charge in [0.1, 0.15) is 0 Å². The number of nitrogens with zero attached hydrogens (tertiary/aromatic N) is 2. The van der Waals surface area contributed by atoms with Gasteiger partial charge in [0.2, 0.25) is 0 Å². The van der Waals surface area contributed by atoms with Gasteiger partial charge in [-0.2, -0.15) is 0 Å². The second-order valence-corrected chi connectivity index (χ2v) is 14.9. The molecular formula is C51H34N2. The average molecular weight is 675 g/mol. The number of hydrogen-bond acceptors (Lipinski definition) is 2. The molecule has 0 fully saturated rings. The van der Waals surface area contributed by atoms with Crippen molar-refractivity contribution in [1.82, 2.24) is 9.97 Å². The van der Waals surface area contributed by atoms with E-state index in [0.717, 1.165) is 33.1 Å². The van der Waals surface area contributed by atoms with Crippen LogP contribution in [0.3, 0.4) is 0 Å². The molecule has 10 aromatic rings. The highest BCUT2D eigenvalue weighted by Crippen LogP contribution is 2.54. The molecule has 0 atom stereocenters. The number of rotatable bonds is 3. The lowest BCUT2D eigenvalue weighted by molar-refractivity contribution is 0.660. The lowest BCUT2D eigenvalue weighted by Gasteiger charge is -2.23. The molecule has 1 aliphatic carbocycles. The molecule has 2 heteroatoms. The van der Waals surface area contributed by atoms with E-state index in [1.54, 1.807) is 0 Å². The van der Waals surface area contributed by atoms with E-state index in [-0.39, 0.29) is 5.41 Å². The zero-order valence-corrected chi connectivity index (χ0v) is 29.6. The van der Waals surface area contributed by atoms with Gasteiger partial charge in [-0.05, 0) is 95.0 Å². The number of pyridine rings is 2. The molecule has 0 amide bonds. The van der Waals surface area contributed by atoms with E-state index >= 15 is 0 Å². The number of aromatic nitrogens is 2. The smallest absolute Gasteiger partial charge is 0.0972 e. The molecule has 0 spiro atoms. The van der Waals surface area contributed by atoms with E-state index in [2.05, 4.69) is 172 Å². The highest BCUT2D eigenvalue weighted by atomic mass is 14.8. The monoisotopic (exact) mass is 674 g/mol. The lowest BCUT2D eigenvalue weighted by Crippen LogP contribution is -2.14. The fraction of sp³-hybridized carbons (Fsp3) is 0.0588. The second kappa shape index (κ2) is 11.2. The van der Waals surface area contributed by atoms with Gasteiger partial charge in [0.05, 0.1) is 16.7 Å². The van der Waals surface area contributed by atoms with Crippen molar-refractivity contribution in [3.05, 3.63) is 181 Å². The Bertz CT molecular complexity index is 3150. The summed E-state index contributed by atoms with van der Waals surface area (Å²) in [4.78, 5) is 10.2. The predicted octanol–water partition coefficient (Wildman–Crippen LogP) is 13.5. The first-order chi connectivity index (χ1) is 26.1. The summed E-state index contributed by atoms with van der Waals surface area (Å²) in [6.07, 6.45) is 1.86. The van der Waals surface area contributed by atoms with Gasteiger partial charge >= 0.3 is 0 Å². The second-order valence-electron chi connectivity index (χ2n) is 14.9. The van der Waals surface area contributed by atoms with Crippen molar-refractivity contribution in [2.75, 3.05) is 0 Å². The zero-order valence-electron chi connectivity index (χ0n) is 29.6. The maximum absolute atomic E-state index is 5.44. The minimum absolute atomic E-state index is 0.104. The van der Waals surface area contributed by atoms with Crippen molar-refractivity contribution in [1.29, 1.82) is 0 Å². The third-order valence-corrected chi connectivity index (χ3v) is 11.7. The maximum Gasteiger partial charge on any atom is 0.0972 e. The Morgan fingerprint density at radius 3 is 1.91 bits per heavy atom. The molecule has 0 radical (unpaired) electrons. The van der Waals surface area contributed by atoms with Crippen molar-refractivity contribution in [3.63, 3.8) is 0 Å². The van der Waals surface area contributed by atoms with Crippen LogP contribution in [0, 0.1) is 0 Å². The number of fused-ring (bicyclic) bond motifs is 9. The van der Waals surface area contributed by atoms with Crippen LogP contribution in [0.4, 0.5) is 0 Å². The summed E-state index contributed by atoms with van der Waals surface area (Å²) in [5.41, 5.74) is 14.2. The van der Waals surface area contributed by atoms with E-state index in [0.29, 0.717) is 0 Å². The Morgan fingerprint density at radius 2 is 1.02 bits per heavy atom. The molecule has 0 unspecified atom stereocenters. The van der Waals surface area contributed by atoms with E-state index in [1.807, 2.05) is 12.3 Å². The molecule has 2 aromatic heterocycles. The van der Waals surface area contributed by atoms with E-state index in [4.69, 9.17) is 9.97 Å². The van der Waals surface area contributed by atoms with Crippen molar-refractivity contribution in [2.24, 2.45) is 0 Å². The van der Waals surface area contributed by atoms with Gasteiger partial charge in [0, 0.05) is 27.9 Å². The Hall–Kier alpha value is -6.64. The minimum Gasteiger partial charge on any atom is -0.254 e. The Labute approximate surface area is 308 Å². The van der Waals surface area contributed by atoms with Gasteiger partial charge in [0.25, 0.3) is 0 Å². The first-order valence-electron chi connectivity index (χ1n) is 18.4. The highest BCUT2D eigenvalue weighted by molar-refractivity contribution is 6.23. The van der Waals surface area contributed by atoms with Crippen molar-refractivity contribution < 1.29 is 0 Å². The van der Waals surface area contributed by atoms with E-state index in [1.165, 1.54) is 76.8 Å². The zero-order chi connectivity index (χ0) is 35.3. The summed E-state index contributed by atoms with van der Waals surface area (Å²) < 4.78 is 0. The molecule has 1 aliphatic rings. The van der Waals surface area contributed by atoms with Crippen LogP contribution in [-0.4, -0.2) is 9.97 Å². The predicted molar refractivity (Wildman–Crippen MR) is 223 cm³/mol. The molecule has 248 valence electrons. The SMILES string of the molecule is CC1(C)c2ccccc2-c2c(-c3c4ccccc4c(-c4ccc5ccc6cccnc6c5n4)c4ccc(-c5cccc6ccccc56)cc34)cccc21. The fourth-order valence-corrected chi connectivity index (χ4v) is 9.22. The van der Waals surface area contributed by atoms with Crippen LogP contribution in [0.2, 0.25) is 0 Å². The van der Waals surface area contributed by atoms with Crippen molar-refractivity contribution in [2.45, 2.75) is 19.3 Å². The first-order valence-corrected chi connectivity index (χ1v) is 18.4. The highest BCUT2D eigenvalue weighted by Gasteiger charge is 2.37. The quantitative estimate of drug-likeness (QED) is 0.138. The fourth-order valence-electron chi connectivity index (χ4n) is 9.22. The molecule has 0 saturated heterocycles. The summed E-state index contributed by atoms with van der Waals surface area (Å²) in [7, 11) is 0. The molecule has 0 N–H and O–H groups in total. The van der Waals surface area contributed by atoms with Crippen LogP contribution in [0.5, 0.6) is 0 Å². The maximum atomic E-state index is 5.44.